The fraction of sp³-hybridized carbons (Fsp3) is 0.235. The summed E-state index contributed by atoms with van der Waals surface area (Å²) in [6.07, 6.45) is 0. The summed E-state index contributed by atoms with van der Waals surface area (Å²) in [6, 6.07) is 20.3. The van der Waals surface area contributed by atoms with Gasteiger partial charge in [0.15, 0.2) is 0 Å². The molecule has 0 aliphatic heterocycles. The van der Waals surface area contributed by atoms with E-state index in [0.29, 0.717) is 0 Å². The Kier molecular flexibility index (Phi) is 2.67. The standard InChI is InChI=1S/C17H17NO/c1-17(16(18)19)14(12-8-4-2-5-9-12)15(17)13-10-6-3-7-11-13/h2-11,14-15H,1H3,(H2,18,19). The molecule has 2 aromatic carbocycles. The molecule has 1 amide bonds. The highest BCUT2D eigenvalue weighted by Crippen LogP contribution is 2.69. The SMILES string of the molecule is CC1(C(N)=O)C(c2ccccc2)C1c1ccccc1. The highest BCUT2D eigenvalue weighted by atomic mass is 16.1. The average Bonchev–Trinajstić information content (AvgIpc) is 3.09. The molecule has 0 radical (unpaired) electrons. The molecule has 2 N–H and O–H groups in total. The third kappa shape index (κ3) is 1.75. The van der Waals surface area contributed by atoms with E-state index in [1.165, 1.54) is 11.1 Å². The lowest BCUT2D eigenvalue weighted by Gasteiger charge is -2.06. The predicted octanol–water partition coefficient (Wildman–Crippen LogP) is 3.06. The zero-order valence-corrected chi connectivity index (χ0v) is 10.9. The van der Waals surface area contributed by atoms with Gasteiger partial charge in [-0.25, -0.2) is 0 Å². The largest absolute Gasteiger partial charge is 0.369 e. The molecule has 96 valence electrons. The second-order valence-corrected chi connectivity index (χ2v) is 5.42. The van der Waals surface area contributed by atoms with Crippen LogP contribution in [0, 0.1) is 5.41 Å². The number of benzene rings is 2. The van der Waals surface area contributed by atoms with Gasteiger partial charge in [0.1, 0.15) is 0 Å². The summed E-state index contributed by atoms with van der Waals surface area (Å²) in [6.45, 7) is 1.98. The summed E-state index contributed by atoms with van der Waals surface area (Å²) in [4.78, 5) is 11.9. The van der Waals surface area contributed by atoms with Crippen LogP contribution in [0.15, 0.2) is 60.7 Å². The second-order valence-electron chi connectivity index (χ2n) is 5.42. The van der Waals surface area contributed by atoms with Crippen molar-refractivity contribution in [3.63, 3.8) is 0 Å². The van der Waals surface area contributed by atoms with Crippen LogP contribution in [-0.2, 0) is 4.79 Å². The van der Waals surface area contributed by atoms with Gasteiger partial charge in [-0.3, -0.25) is 4.79 Å². The summed E-state index contributed by atoms with van der Waals surface area (Å²) < 4.78 is 0. The van der Waals surface area contributed by atoms with Crippen LogP contribution in [0.5, 0.6) is 0 Å². The third-order valence-electron chi connectivity index (χ3n) is 4.36. The Morgan fingerprint density at radius 2 is 1.26 bits per heavy atom. The van der Waals surface area contributed by atoms with E-state index in [1.54, 1.807) is 0 Å². The van der Waals surface area contributed by atoms with Crippen molar-refractivity contribution >= 4 is 5.91 Å². The van der Waals surface area contributed by atoms with E-state index in [9.17, 15) is 4.79 Å². The van der Waals surface area contributed by atoms with Crippen LogP contribution < -0.4 is 5.73 Å². The highest BCUT2D eigenvalue weighted by Gasteiger charge is 2.66. The van der Waals surface area contributed by atoms with Crippen LogP contribution in [0.1, 0.15) is 29.9 Å². The normalized spacial score (nSPS) is 28.9. The Balaban J connectivity index is 2.03. The van der Waals surface area contributed by atoms with Crippen molar-refractivity contribution in [3.05, 3.63) is 71.8 Å². The number of carbonyl (C=O) groups is 1. The van der Waals surface area contributed by atoms with Gasteiger partial charge < -0.3 is 5.73 Å². The maximum atomic E-state index is 11.9. The number of carbonyl (C=O) groups excluding carboxylic acids is 1. The fourth-order valence-electron chi connectivity index (χ4n) is 3.22. The van der Waals surface area contributed by atoms with Gasteiger partial charge in [-0.05, 0) is 18.1 Å². The van der Waals surface area contributed by atoms with E-state index in [2.05, 4.69) is 24.3 Å². The van der Waals surface area contributed by atoms with Crippen LogP contribution in [-0.4, -0.2) is 5.91 Å². The van der Waals surface area contributed by atoms with Crippen molar-refractivity contribution in [2.45, 2.75) is 18.8 Å². The first-order valence-electron chi connectivity index (χ1n) is 6.55. The highest BCUT2D eigenvalue weighted by molar-refractivity contribution is 5.88. The molecular formula is C17H17NO. The molecule has 0 aromatic heterocycles. The van der Waals surface area contributed by atoms with Crippen LogP contribution in [0.25, 0.3) is 0 Å². The van der Waals surface area contributed by atoms with Gasteiger partial charge in [-0.2, -0.15) is 0 Å². The van der Waals surface area contributed by atoms with Crippen LogP contribution in [0.2, 0.25) is 0 Å². The Morgan fingerprint density at radius 3 is 1.58 bits per heavy atom. The Labute approximate surface area is 113 Å². The number of amides is 1. The number of primary amides is 1. The zero-order chi connectivity index (χ0) is 13.5. The van der Waals surface area contributed by atoms with Gasteiger partial charge in [0.2, 0.25) is 5.91 Å². The minimum Gasteiger partial charge on any atom is -0.369 e. The van der Waals surface area contributed by atoms with Gasteiger partial charge >= 0.3 is 0 Å². The van der Waals surface area contributed by atoms with Crippen LogP contribution in [0.4, 0.5) is 0 Å². The first kappa shape index (κ1) is 12.0. The average molecular weight is 251 g/mol. The first-order valence-corrected chi connectivity index (χ1v) is 6.55. The fourth-order valence-corrected chi connectivity index (χ4v) is 3.22. The molecule has 2 heteroatoms. The zero-order valence-electron chi connectivity index (χ0n) is 10.9. The molecule has 2 atom stereocenters. The number of hydrogen-bond acceptors (Lipinski definition) is 1. The van der Waals surface area contributed by atoms with Crippen molar-refractivity contribution < 1.29 is 4.79 Å². The van der Waals surface area contributed by atoms with E-state index >= 15 is 0 Å². The van der Waals surface area contributed by atoms with Gasteiger partial charge in [0, 0.05) is 11.8 Å². The van der Waals surface area contributed by atoms with E-state index in [1.807, 2.05) is 43.3 Å². The molecule has 0 saturated heterocycles. The number of nitrogens with two attached hydrogens (primary N) is 1. The van der Waals surface area contributed by atoms with E-state index in [0.717, 1.165) is 0 Å². The maximum Gasteiger partial charge on any atom is 0.224 e. The summed E-state index contributed by atoms with van der Waals surface area (Å²) in [7, 11) is 0. The Morgan fingerprint density at radius 1 is 0.895 bits per heavy atom. The Bertz CT molecular complexity index is 546. The molecule has 1 aliphatic carbocycles. The van der Waals surface area contributed by atoms with Crippen molar-refractivity contribution in [1.29, 1.82) is 0 Å². The minimum atomic E-state index is -0.470. The third-order valence-corrected chi connectivity index (χ3v) is 4.36. The molecule has 2 unspecified atom stereocenters. The van der Waals surface area contributed by atoms with Gasteiger partial charge in [0.05, 0.1) is 5.41 Å². The van der Waals surface area contributed by atoms with Crippen molar-refractivity contribution in [2.75, 3.05) is 0 Å². The lowest BCUT2D eigenvalue weighted by Crippen LogP contribution is -2.24. The van der Waals surface area contributed by atoms with Crippen molar-refractivity contribution in [2.24, 2.45) is 11.1 Å². The molecule has 1 saturated carbocycles. The monoisotopic (exact) mass is 251 g/mol. The maximum absolute atomic E-state index is 11.9. The summed E-state index contributed by atoms with van der Waals surface area (Å²) in [5.74, 6) is 0.164. The molecule has 19 heavy (non-hydrogen) atoms. The van der Waals surface area contributed by atoms with Crippen molar-refractivity contribution in [1.82, 2.24) is 0 Å². The second kappa shape index (κ2) is 4.23. The van der Waals surface area contributed by atoms with Crippen LogP contribution in [0.3, 0.4) is 0 Å². The molecule has 1 aliphatic rings. The quantitative estimate of drug-likeness (QED) is 0.895. The van der Waals surface area contributed by atoms with E-state index < -0.39 is 5.41 Å². The molecule has 0 heterocycles. The molecule has 2 nitrogen and oxygen atoms in total. The lowest BCUT2D eigenvalue weighted by atomic mass is 9.99. The number of hydrogen-bond donors (Lipinski definition) is 1. The number of rotatable bonds is 3. The van der Waals surface area contributed by atoms with Gasteiger partial charge in [-0.1, -0.05) is 60.7 Å². The van der Waals surface area contributed by atoms with Gasteiger partial charge in [0.25, 0.3) is 0 Å². The molecule has 3 rings (SSSR count). The lowest BCUT2D eigenvalue weighted by molar-refractivity contribution is -0.122. The molecule has 0 spiro atoms. The molecule has 0 bridgehead atoms. The molecular weight excluding hydrogens is 234 g/mol. The summed E-state index contributed by atoms with van der Waals surface area (Å²) in [5, 5.41) is 0. The topological polar surface area (TPSA) is 43.1 Å². The minimum absolute atomic E-state index is 0.189. The first-order chi connectivity index (χ1) is 9.15. The summed E-state index contributed by atoms with van der Waals surface area (Å²) >= 11 is 0. The van der Waals surface area contributed by atoms with E-state index in [-0.39, 0.29) is 17.7 Å². The predicted molar refractivity (Wildman–Crippen MR) is 75.7 cm³/mol. The van der Waals surface area contributed by atoms with Gasteiger partial charge in [-0.15, -0.1) is 0 Å². The molecule has 2 aromatic rings. The smallest absolute Gasteiger partial charge is 0.224 e. The summed E-state index contributed by atoms with van der Waals surface area (Å²) in [5.41, 5.74) is 7.56. The Hall–Kier alpha value is -2.09. The van der Waals surface area contributed by atoms with Crippen molar-refractivity contribution in [3.8, 4) is 0 Å². The molecule has 1 fully saturated rings. The van der Waals surface area contributed by atoms with Crippen LogP contribution >= 0.6 is 0 Å². The van der Waals surface area contributed by atoms with E-state index in [4.69, 9.17) is 5.73 Å².